The lowest BCUT2D eigenvalue weighted by Gasteiger charge is -2.10. The van der Waals surface area contributed by atoms with Gasteiger partial charge in [-0.3, -0.25) is 0 Å². The molecule has 1 N–H and O–H groups in total. The SMILES string of the molecule is COc1cnc2[nH]cc(Cc3cncnc3Cc3cccnc3OC)c2c1. The number of aromatic nitrogens is 5. The molecule has 27 heavy (non-hydrogen) atoms. The van der Waals surface area contributed by atoms with Crippen molar-refractivity contribution in [3.05, 3.63) is 71.7 Å². The zero-order valence-corrected chi connectivity index (χ0v) is 15.1. The van der Waals surface area contributed by atoms with Crippen LogP contribution in [0.5, 0.6) is 11.6 Å². The van der Waals surface area contributed by atoms with E-state index >= 15 is 0 Å². The van der Waals surface area contributed by atoms with Crippen molar-refractivity contribution in [1.82, 2.24) is 24.9 Å². The summed E-state index contributed by atoms with van der Waals surface area (Å²) in [6.07, 6.45) is 10.1. The lowest BCUT2D eigenvalue weighted by molar-refractivity contribution is 0.393. The predicted molar refractivity (Wildman–Crippen MR) is 101 cm³/mol. The summed E-state index contributed by atoms with van der Waals surface area (Å²) in [4.78, 5) is 20.6. The molecule has 7 nitrogen and oxygen atoms in total. The molecule has 4 aromatic heterocycles. The second kappa shape index (κ2) is 7.41. The average molecular weight is 361 g/mol. The van der Waals surface area contributed by atoms with Gasteiger partial charge in [0.05, 0.1) is 26.1 Å². The number of methoxy groups -OCH3 is 2. The number of H-pyrrole nitrogens is 1. The van der Waals surface area contributed by atoms with Crippen molar-refractivity contribution in [1.29, 1.82) is 0 Å². The third-order valence-electron chi connectivity index (χ3n) is 4.49. The van der Waals surface area contributed by atoms with Crippen molar-refractivity contribution in [2.75, 3.05) is 14.2 Å². The molecule has 0 aliphatic heterocycles. The molecule has 0 amide bonds. The van der Waals surface area contributed by atoms with Crippen LogP contribution in [-0.2, 0) is 12.8 Å². The number of hydrogen-bond donors (Lipinski definition) is 1. The van der Waals surface area contributed by atoms with Crippen LogP contribution in [-0.4, -0.2) is 39.1 Å². The fraction of sp³-hybridized carbons (Fsp3) is 0.200. The Labute approximate surface area is 156 Å². The molecule has 0 spiro atoms. The molecule has 4 rings (SSSR count). The number of aromatic amines is 1. The van der Waals surface area contributed by atoms with Crippen LogP contribution in [0, 0.1) is 0 Å². The number of rotatable bonds is 6. The Bertz CT molecular complexity index is 1080. The molecule has 0 fully saturated rings. The van der Waals surface area contributed by atoms with Crippen LogP contribution in [0.1, 0.15) is 22.4 Å². The van der Waals surface area contributed by atoms with Crippen molar-refractivity contribution in [3.8, 4) is 11.6 Å². The summed E-state index contributed by atoms with van der Waals surface area (Å²) in [5, 5.41) is 1.03. The van der Waals surface area contributed by atoms with Crippen molar-refractivity contribution < 1.29 is 9.47 Å². The molecule has 0 radical (unpaired) electrons. The van der Waals surface area contributed by atoms with Crippen LogP contribution in [0.4, 0.5) is 0 Å². The maximum atomic E-state index is 5.36. The van der Waals surface area contributed by atoms with E-state index in [0.29, 0.717) is 18.7 Å². The number of hydrogen-bond acceptors (Lipinski definition) is 6. The van der Waals surface area contributed by atoms with Crippen molar-refractivity contribution >= 4 is 11.0 Å². The van der Waals surface area contributed by atoms with Crippen LogP contribution >= 0.6 is 0 Å². The van der Waals surface area contributed by atoms with Gasteiger partial charge in [0, 0.05) is 42.4 Å². The van der Waals surface area contributed by atoms with Gasteiger partial charge < -0.3 is 14.5 Å². The van der Waals surface area contributed by atoms with E-state index in [1.165, 1.54) is 0 Å². The first-order valence-corrected chi connectivity index (χ1v) is 8.54. The van der Waals surface area contributed by atoms with E-state index in [1.54, 1.807) is 32.9 Å². The van der Waals surface area contributed by atoms with E-state index in [-0.39, 0.29) is 0 Å². The number of nitrogens with one attached hydrogen (secondary N) is 1. The van der Waals surface area contributed by atoms with Gasteiger partial charge >= 0.3 is 0 Å². The Morgan fingerprint density at radius 2 is 1.89 bits per heavy atom. The van der Waals surface area contributed by atoms with Crippen molar-refractivity contribution in [2.45, 2.75) is 12.8 Å². The summed E-state index contributed by atoms with van der Waals surface area (Å²) in [6.45, 7) is 0. The van der Waals surface area contributed by atoms with E-state index < -0.39 is 0 Å². The van der Waals surface area contributed by atoms with Gasteiger partial charge in [0.1, 0.15) is 17.7 Å². The van der Waals surface area contributed by atoms with E-state index in [9.17, 15) is 0 Å². The normalized spacial score (nSPS) is 10.9. The zero-order chi connectivity index (χ0) is 18.6. The quantitative estimate of drug-likeness (QED) is 0.568. The molecule has 0 saturated carbocycles. The van der Waals surface area contributed by atoms with Crippen LogP contribution in [0.15, 0.2) is 49.3 Å². The lowest BCUT2D eigenvalue weighted by Crippen LogP contribution is -2.03. The topological polar surface area (TPSA) is 85.8 Å². The summed E-state index contributed by atoms with van der Waals surface area (Å²) < 4.78 is 10.7. The van der Waals surface area contributed by atoms with Crippen molar-refractivity contribution in [2.24, 2.45) is 0 Å². The fourth-order valence-corrected chi connectivity index (χ4v) is 3.12. The molecular formula is C20H19N5O2. The molecule has 0 aliphatic rings. The summed E-state index contributed by atoms with van der Waals surface area (Å²) in [7, 11) is 3.26. The smallest absolute Gasteiger partial charge is 0.216 e. The van der Waals surface area contributed by atoms with Gasteiger partial charge in [0.2, 0.25) is 5.88 Å². The van der Waals surface area contributed by atoms with Gasteiger partial charge in [-0.05, 0) is 23.3 Å². The maximum absolute atomic E-state index is 5.36. The largest absolute Gasteiger partial charge is 0.495 e. The highest BCUT2D eigenvalue weighted by Gasteiger charge is 2.13. The second-order valence-corrected chi connectivity index (χ2v) is 6.11. The third kappa shape index (κ3) is 3.44. The summed E-state index contributed by atoms with van der Waals surface area (Å²) in [5.41, 5.74) is 4.93. The van der Waals surface area contributed by atoms with Crippen LogP contribution in [0.3, 0.4) is 0 Å². The molecule has 4 heterocycles. The molecule has 7 heteroatoms. The number of ether oxygens (including phenoxy) is 2. The van der Waals surface area contributed by atoms with E-state index in [2.05, 4.69) is 24.9 Å². The first-order chi connectivity index (χ1) is 13.3. The minimum absolute atomic E-state index is 0.614. The number of fused-ring (bicyclic) bond motifs is 1. The van der Waals surface area contributed by atoms with Gasteiger partial charge in [-0.15, -0.1) is 0 Å². The molecule has 0 atom stereocenters. The predicted octanol–water partition coefficient (Wildman–Crippen LogP) is 2.95. The highest BCUT2D eigenvalue weighted by Crippen LogP contribution is 2.25. The zero-order valence-electron chi connectivity index (χ0n) is 15.1. The Kier molecular flexibility index (Phi) is 4.65. The highest BCUT2D eigenvalue weighted by molar-refractivity contribution is 5.81. The van der Waals surface area contributed by atoms with Gasteiger partial charge in [0.25, 0.3) is 0 Å². The standard InChI is InChI=1S/C20H19N5O2/c1-26-16-8-17-14(10-23-19(17)24-11-16)6-15-9-21-12-25-18(15)7-13-4-3-5-22-20(13)27-2/h3-5,8-12H,6-7H2,1-2H3,(H,23,24). The third-order valence-corrected chi connectivity index (χ3v) is 4.49. The van der Waals surface area contributed by atoms with Gasteiger partial charge in [-0.25, -0.2) is 19.9 Å². The average Bonchev–Trinajstić information content (AvgIpc) is 3.11. The first-order valence-electron chi connectivity index (χ1n) is 8.54. The molecule has 0 saturated heterocycles. The summed E-state index contributed by atoms with van der Waals surface area (Å²) >= 11 is 0. The number of nitrogens with zero attached hydrogens (tertiary/aromatic N) is 4. The first kappa shape index (κ1) is 17.0. The molecule has 4 aromatic rings. The Morgan fingerprint density at radius 1 is 0.963 bits per heavy atom. The van der Waals surface area contributed by atoms with Gasteiger partial charge in [-0.1, -0.05) is 6.07 Å². The molecular weight excluding hydrogens is 342 g/mol. The summed E-state index contributed by atoms with van der Waals surface area (Å²) in [5.74, 6) is 1.34. The van der Waals surface area contributed by atoms with E-state index in [0.717, 1.165) is 39.2 Å². The Balaban J connectivity index is 1.68. The molecule has 0 aromatic carbocycles. The van der Waals surface area contributed by atoms with Crippen LogP contribution in [0.25, 0.3) is 11.0 Å². The fourth-order valence-electron chi connectivity index (χ4n) is 3.12. The Morgan fingerprint density at radius 3 is 2.74 bits per heavy atom. The minimum Gasteiger partial charge on any atom is -0.495 e. The van der Waals surface area contributed by atoms with Crippen molar-refractivity contribution in [3.63, 3.8) is 0 Å². The summed E-state index contributed by atoms with van der Waals surface area (Å²) in [6, 6.07) is 5.89. The maximum Gasteiger partial charge on any atom is 0.216 e. The molecule has 136 valence electrons. The Hall–Kier alpha value is -3.48. The second-order valence-electron chi connectivity index (χ2n) is 6.11. The molecule has 0 aliphatic carbocycles. The lowest BCUT2D eigenvalue weighted by atomic mass is 10.0. The van der Waals surface area contributed by atoms with E-state index in [4.69, 9.17) is 9.47 Å². The highest BCUT2D eigenvalue weighted by atomic mass is 16.5. The molecule has 0 bridgehead atoms. The van der Waals surface area contributed by atoms with Crippen LogP contribution in [0.2, 0.25) is 0 Å². The minimum atomic E-state index is 0.614. The number of pyridine rings is 2. The monoisotopic (exact) mass is 361 g/mol. The van der Waals surface area contributed by atoms with Crippen LogP contribution < -0.4 is 9.47 Å². The van der Waals surface area contributed by atoms with Gasteiger partial charge in [0.15, 0.2) is 0 Å². The van der Waals surface area contributed by atoms with E-state index in [1.807, 2.05) is 30.6 Å². The van der Waals surface area contributed by atoms with Gasteiger partial charge in [-0.2, -0.15) is 0 Å². The molecule has 0 unspecified atom stereocenters.